The molecular weight excluding hydrogens is 484 g/mol. The van der Waals surface area contributed by atoms with Crippen molar-refractivity contribution < 1.29 is 0 Å². The van der Waals surface area contributed by atoms with Gasteiger partial charge in [-0.15, -0.1) is 0 Å². The Morgan fingerprint density at radius 1 is 0.795 bits per heavy atom. The number of nitrogens with one attached hydrogen (secondary N) is 1. The van der Waals surface area contributed by atoms with Crippen molar-refractivity contribution >= 4 is 23.4 Å². The van der Waals surface area contributed by atoms with Crippen LogP contribution in [0.3, 0.4) is 0 Å². The number of nitrogens with two attached hydrogens (primary N) is 1. The van der Waals surface area contributed by atoms with Gasteiger partial charge >= 0.3 is 0 Å². The van der Waals surface area contributed by atoms with Crippen molar-refractivity contribution in [3.63, 3.8) is 0 Å². The number of nitrogens with zero attached hydrogens (tertiary/aromatic N) is 6. The minimum absolute atomic E-state index is 0.387. The Balaban J connectivity index is 1.39. The minimum atomic E-state index is 0.387. The van der Waals surface area contributed by atoms with E-state index in [0.717, 1.165) is 39.8 Å². The molecule has 3 heterocycles. The van der Waals surface area contributed by atoms with Gasteiger partial charge in [-0.2, -0.15) is 19.6 Å². The van der Waals surface area contributed by atoms with Gasteiger partial charge in [-0.05, 0) is 56.2 Å². The predicted octanol–water partition coefficient (Wildman–Crippen LogP) is 6.48. The number of rotatable bonds is 7. The summed E-state index contributed by atoms with van der Waals surface area (Å²) >= 11 is 0. The maximum atomic E-state index is 6.67. The molecule has 0 aliphatic heterocycles. The van der Waals surface area contributed by atoms with Crippen molar-refractivity contribution in [2.75, 3.05) is 16.0 Å². The molecule has 3 aliphatic rings. The molecule has 3 N–H and O–H groups in total. The van der Waals surface area contributed by atoms with Crippen LogP contribution in [0.5, 0.6) is 0 Å². The molecule has 0 saturated heterocycles. The third-order valence-electron chi connectivity index (χ3n) is 8.97. The topological polar surface area (TPSA) is 97.3 Å². The molecule has 4 aromatic rings. The van der Waals surface area contributed by atoms with E-state index in [-0.39, 0.29) is 0 Å². The van der Waals surface area contributed by atoms with Gasteiger partial charge in [0.15, 0.2) is 5.65 Å². The monoisotopic (exact) mass is 522 g/mol. The zero-order valence-electron chi connectivity index (χ0n) is 22.6. The molecule has 0 amide bonds. The first-order valence-electron chi connectivity index (χ1n) is 14.9. The van der Waals surface area contributed by atoms with Gasteiger partial charge in [0.25, 0.3) is 0 Å². The average molecular weight is 523 g/mol. The molecule has 8 heteroatoms. The molecule has 0 radical (unpaired) electrons. The first kappa shape index (κ1) is 24.4. The molecule has 202 valence electrons. The van der Waals surface area contributed by atoms with Crippen molar-refractivity contribution in [2.45, 2.75) is 95.2 Å². The zero-order chi connectivity index (χ0) is 26.2. The van der Waals surface area contributed by atoms with Crippen LogP contribution in [0.2, 0.25) is 0 Å². The summed E-state index contributed by atoms with van der Waals surface area (Å²) in [5.74, 6) is 2.05. The summed E-state index contributed by atoms with van der Waals surface area (Å²) in [5.41, 5.74) is 11.3. The number of aromatic nitrogens is 5. The zero-order valence-corrected chi connectivity index (χ0v) is 22.6. The molecule has 0 atom stereocenters. The summed E-state index contributed by atoms with van der Waals surface area (Å²) in [7, 11) is 0. The first-order chi connectivity index (χ1) is 19.2. The number of fused-ring (bicyclic) bond motifs is 1. The highest BCUT2D eigenvalue weighted by Crippen LogP contribution is 2.39. The number of anilines is 3. The Kier molecular flexibility index (Phi) is 6.54. The highest BCUT2D eigenvalue weighted by Gasteiger charge is 2.34. The fourth-order valence-electron chi connectivity index (χ4n) is 7.05. The van der Waals surface area contributed by atoms with Crippen LogP contribution in [0.1, 0.15) is 77.0 Å². The summed E-state index contributed by atoms with van der Waals surface area (Å²) < 4.78 is 1.73. The van der Waals surface area contributed by atoms with E-state index in [1.54, 1.807) is 4.52 Å². The van der Waals surface area contributed by atoms with Crippen LogP contribution >= 0.6 is 0 Å². The third kappa shape index (κ3) is 4.70. The van der Waals surface area contributed by atoms with Crippen LogP contribution in [-0.4, -0.2) is 42.7 Å². The summed E-state index contributed by atoms with van der Waals surface area (Å²) in [5, 5.41) is 8.66. The number of benzene rings is 1. The summed E-state index contributed by atoms with van der Waals surface area (Å²) in [6, 6.07) is 16.0. The molecule has 7 rings (SSSR count). The smallest absolute Gasteiger partial charge is 0.231 e. The van der Waals surface area contributed by atoms with Gasteiger partial charge in [0.05, 0.1) is 5.56 Å². The molecule has 1 aromatic carbocycles. The Morgan fingerprint density at radius 2 is 1.46 bits per heavy atom. The van der Waals surface area contributed by atoms with Crippen LogP contribution in [0.4, 0.5) is 17.7 Å². The van der Waals surface area contributed by atoms with Crippen LogP contribution in [-0.2, 0) is 0 Å². The Morgan fingerprint density at radius 3 is 2.15 bits per heavy atom. The van der Waals surface area contributed by atoms with E-state index >= 15 is 0 Å². The van der Waals surface area contributed by atoms with E-state index in [4.69, 9.17) is 20.8 Å². The van der Waals surface area contributed by atoms with Crippen molar-refractivity contribution in [2.24, 2.45) is 0 Å². The van der Waals surface area contributed by atoms with E-state index in [1.165, 1.54) is 77.0 Å². The Hall–Kier alpha value is -3.68. The standard InChI is InChI=1S/C31H38N8/c32-30-36-31(38(24-14-6-7-15-24)25-16-8-9-17-25)35-29-27(28(37-39(29)30)21-10-2-1-3-11-21)22-18-19-33-26(20-22)34-23-12-4-5-13-23/h1-3,10-11,18-20,23-25H,4-9,12-17H2,(H,33,34)(H2,32,35,36). The number of pyridine rings is 1. The van der Waals surface area contributed by atoms with Gasteiger partial charge in [-0.25, -0.2) is 4.98 Å². The fraction of sp³-hybridized carbons (Fsp3) is 0.484. The highest BCUT2D eigenvalue weighted by atomic mass is 15.4. The lowest BCUT2D eigenvalue weighted by molar-refractivity contribution is 0.502. The predicted molar refractivity (Wildman–Crippen MR) is 157 cm³/mol. The molecule has 3 fully saturated rings. The van der Waals surface area contributed by atoms with E-state index in [1.807, 2.05) is 24.4 Å². The van der Waals surface area contributed by atoms with Gasteiger partial charge in [0.2, 0.25) is 11.9 Å². The molecule has 39 heavy (non-hydrogen) atoms. The summed E-state index contributed by atoms with van der Waals surface area (Å²) in [6.07, 6.45) is 16.7. The quantitative estimate of drug-likeness (QED) is 0.287. The lowest BCUT2D eigenvalue weighted by Gasteiger charge is -2.34. The van der Waals surface area contributed by atoms with Crippen LogP contribution in [0.25, 0.3) is 28.0 Å². The SMILES string of the molecule is Nc1nc(N(C2CCCC2)C2CCCC2)nc2c(-c3ccnc(NC4CCCC4)c3)c(-c3ccccc3)nn12. The van der Waals surface area contributed by atoms with Gasteiger partial charge in [-0.3, -0.25) is 0 Å². The molecule has 0 spiro atoms. The van der Waals surface area contributed by atoms with Gasteiger partial charge < -0.3 is 16.0 Å². The van der Waals surface area contributed by atoms with Crippen molar-refractivity contribution in [3.05, 3.63) is 48.7 Å². The second-order valence-corrected chi connectivity index (χ2v) is 11.5. The molecule has 3 aromatic heterocycles. The molecule has 3 aliphatic carbocycles. The number of hydrogen-bond acceptors (Lipinski definition) is 7. The molecule has 3 saturated carbocycles. The van der Waals surface area contributed by atoms with Crippen LogP contribution in [0, 0.1) is 0 Å². The largest absolute Gasteiger partial charge is 0.368 e. The Bertz CT molecular complexity index is 1410. The first-order valence-corrected chi connectivity index (χ1v) is 14.9. The van der Waals surface area contributed by atoms with E-state index in [9.17, 15) is 0 Å². The number of hydrogen-bond donors (Lipinski definition) is 2. The van der Waals surface area contributed by atoms with E-state index < -0.39 is 0 Å². The minimum Gasteiger partial charge on any atom is -0.368 e. The van der Waals surface area contributed by atoms with Gasteiger partial charge in [-0.1, -0.05) is 68.9 Å². The summed E-state index contributed by atoms with van der Waals surface area (Å²) in [6.45, 7) is 0. The Labute approximate surface area is 230 Å². The highest BCUT2D eigenvalue weighted by molar-refractivity contribution is 5.91. The van der Waals surface area contributed by atoms with Gasteiger partial charge in [0.1, 0.15) is 11.5 Å². The molecule has 0 unspecified atom stereocenters. The second kappa shape index (κ2) is 10.5. The third-order valence-corrected chi connectivity index (χ3v) is 8.97. The van der Waals surface area contributed by atoms with E-state index in [2.05, 4.69) is 39.5 Å². The molecular formula is C31H38N8. The maximum Gasteiger partial charge on any atom is 0.231 e. The molecule has 0 bridgehead atoms. The number of nitrogen functional groups attached to an aromatic ring is 1. The maximum absolute atomic E-state index is 6.67. The summed E-state index contributed by atoms with van der Waals surface area (Å²) in [4.78, 5) is 17.3. The average Bonchev–Trinajstić information content (AvgIpc) is 3.78. The lowest BCUT2D eigenvalue weighted by Crippen LogP contribution is -2.42. The van der Waals surface area contributed by atoms with E-state index in [0.29, 0.717) is 24.1 Å². The van der Waals surface area contributed by atoms with Crippen molar-refractivity contribution in [1.82, 2.24) is 24.6 Å². The van der Waals surface area contributed by atoms with Crippen LogP contribution < -0.4 is 16.0 Å². The lowest BCUT2D eigenvalue weighted by atomic mass is 10.0. The van der Waals surface area contributed by atoms with Crippen molar-refractivity contribution in [3.8, 4) is 22.4 Å². The van der Waals surface area contributed by atoms with Crippen LogP contribution in [0.15, 0.2) is 48.7 Å². The second-order valence-electron chi connectivity index (χ2n) is 11.5. The molecule has 8 nitrogen and oxygen atoms in total. The normalized spacial score (nSPS) is 18.9. The van der Waals surface area contributed by atoms with Gasteiger partial charge in [0, 0.05) is 29.9 Å². The van der Waals surface area contributed by atoms with Crippen molar-refractivity contribution in [1.29, 1.82) is 0 Å². The fourth-order valence-corrected chi connectivity index (χ4v) is 7.05.